The molecule has 0 saturated heterocycles. The SMILES string of the molecule is Nc1cc(NCCn2cccn2)nc(-c2ccccc2)n1. The second-order valence-electron chi connectivity index (χ2n) is 4.56. The van der Waals surface area contributed by atoms with Crippen LogP contribution in [0.2, 0.25) is 0 Å². The third-order valence-electron chi connectivity index (χ3n) is 2.98. The Morgan fingerprint density at radius 3 is 2.71 bits per heavy atom. The van der Waals surface area contributed by atoms with Crippen LogP contribution >= 0.6 is 0 Å². The highest BCUT2D eigenvalue weighted by atomic mass is 15.3. The van der Waals surface area contributed by atoms with E-state index in [1.165, 1.54) is 0 Å². The molecule has 0 atom stereocenters. The van der Waals surface area contributed by atoms with Crippen LogP contribution in [-0.4, -0.2) is 26.3 Å². The molecule has 6 nitrogen and oxygen atoms in total. The van der Waals surface area contributed by atoms with E-state index in [0.29, 0.717) is 24.0 Å². The fraction of sp³-hybridized carbons (Fsp3) is 0.133. The molecular formula is C15H16N6. The Balaban J connectivity index is 1.72. The van der Waals surface area contributed by atoms with E-state index in [2.05, 4.69) is 20.4 Å². The van der Waals surface area contributed by atoms with Gasteiger partial charge in [0.25, 0.3) is 0 Å². The lowest BCUT2D eigenvalue weighted by Gasteiger charge is -2.08. The lowest BCUT2D eigenvalue weighted by atomic mass is 10.2. The summed E-state index contributed by atoms with van der Waals surface area (Å²) in [6, 6.07) is 13.4. The first-order valence-corrected chi connectivity index (χ1v) is 6.72. The fourth-order valence-corrected chi connectivity index (χ4v) is 2.00. The number of benzene rings is 1. The fourth-order valence-electron chi connectivity index (χ4n) is 2.00. The molecule has 2 heterocycles. The normalized spacial score (nSPS) is 10.5. The zero-order chi connectivity index (χ0) is 14.5. The molecule has 106 valence electrons. The van der Waals surface area contributed by atoms with Crippen LogP contribution in [0.3, 0.4) is 0 Å². The zero-order valence-electron chi connectivity index (χ0n) is 11.5. The third kappa shape index (κ3) is 3.36. The van der Waals surface area contributed by atoms with Gasteiger partial charge >= 0.3 is 0 Å². The Bertz CT molecular complexity index is 693. The summed E-state index contributed by atoms with van der Waals surface area (Å²) in [6.07, 6.45) is 3.68. The van der Waals surface area contributed by atoms with Crippen molar-refractivity contribution in [3.05, 3.63) is 54.9 Å². The van der Waals surface area contributed by atoms with Crippen LogP contribution in [-0.2, 0) is 6.54 Å². The summed E-state index contributed by atoms with van der Waals surface area (Å²) < 4.78 is 1.86. The maximum Gasteiger partial charge on any atom is 0.163 e. The number of nitrogens with one attached hydrogen (secondary N) is 1. The Hall–Kier alpha value is -2.89. The quantitative estimate of drug-likeness (QED) is 0.747. The molecule has 1 aromatic carbocycles. The van der Waals surface area contributed by atoms with Gasteiger partial charge in [-0.15, -0.1) is 0 Å². The molecule has 0 unspecified atom stereocenters. The van der Waals surface area contributed by atoms with Gasteiger partial charge in [-0.2, -0.15) is 5.10 Å². The average molecular weight is 280 g/mol. The topological polar surface area (TPSA) is 81.6 Å². The summed E-state index contributed by atoms with van der Waals surface area (Å²) >= 11 is 0. The highest BCUT2D eigenvalue weighted by Crippen LogP contribution is 2.18. The average Bonchev–Trinajstić information content (AvgIpc) is 3.01. The van der Waals surface area contributed by atoms with Crippen molar-refractivity contribution in [2.75, 3.05) is 17.6 Å². The molecule has 3 aromatic rings. The van der Waals surface area contributed by atoms with Gasteiger partial charge in [-0.1, -0.05) is 30.3 Å². The minimum atomic E-state index is 0.449. The van der Waals surface area contributed by atoms with Gasteiger partial charge < -0.3 is 11.1 Å². The van der Waals surface area contributed by atoms with Crippen molar-refractivity contribution in [3.8, 4) is 11.4 Å². The van der Waals surface area contributed by atoms with Crippen molar-refractivity contribution in [1.29, 1.82) is 0 Å². The molecule has 6 heteroatoms. The highest BCUT2D eigenvalue weighted by molar-refractivity contribution is 5.60. The summed E-state index contributed by atoms with van der Waals surface area (Å²) in [7, 11) is 0. The predicted octanol–water partition coefficient (Wildman–Crippen LogP) is 2.03. The van der Waals surface area contributed by atoms with E-state index in [4.69, 9.17) is 5.73 Å². The maximum atomic E-state index is 5.85. The van der Waals surface area contributed by atoms with Crippen LogP contribution in [0.25, 0.3) is 11.4 Å². The lowest BCUT2D eigenvalue weighted by molar-refractivity contribution is 0.637. The van der Waals surface area contributed by atoms with E-state index in [0.717, 1.165) is 12.1 Å². The van der Waals surface area contributed by atoms with Crippen LogP contribution in [0.1, 0.15) is 0 Å². The summed E-state index contributed by atoms with van der Waals surface area (Å²) in [6.45, 7) is 1.48. The van der Waals surface area contributed by atoms with Crippen molar-refractivity contribution in [1.82, 2.24) is 19.7 Å². The van der Waals surface area contributed by atoms with E-state index in [-0.39, 0.29) is 0 Å². The third-order valence-corrected chi connectivity index (χ3v) is 2.98. The van der Waals surface area contributed by atoms with Crippen LogP contribution in [0.5, 0.6) is 0 Å². The molecule has 0 amide bonds. The second-order valence-corrected chi connectivity index (χ2v) is 4.56. The number of nitrogens with two attached hydrogens (primary N) is 1. The summed E-state index contributed by atoms with van der Waals surface area (Å²) in [5, 5.41) is 7.39. The monoisotopic (exact) mass is 280 g/mol. The molecule has 0 spiro atoms. The van der Waals surface area contributed by atoms with Gasteiger partial charge in [0.2, 0.25) is 0 Å². The van der Waals surface area contributed by atoms with Gasteiger partial charge in [0.1, 0.15) is 11.6 Å². The van der Waals surface area contributed by atoms with Crippen LogP contribution in [0.4, 0.5) is 11.6 Å². The lowest BCUT2D eigenvalue weighted by Crippen LogP contribution is -2.12. The van der Waals surface area contributed by atoms with Crippen molar-refractivity contribution >= 4 is 11.6 Å². The van der Waals surface area contributed by atoms with Gasteiger partial charge in [0, 0.05) is 30.6 Å². The minimum absolute atomic E-state index is 0.449. The van der Waals surface area contributed by atoms with E-state index in [1.807, 2.05) is 47.3 Å². The van der Waals surface area contributed by atoms with Crippen LogP contribution in [0.15, 0.2) is 54.9 Å². The van der Waals surface area contributed by atoms with Gasteiger partial charge in [-0.05, 0) is 6.07 Å². The number of anilines is 2. The van der Waals surface area contributed by atoms with Crippen molar-refractivity contribution in [3.63, 3.8) is 0 Å². The van der Waals surface area contributed by atoms with Gasteiger partial charge in [0.15, 0.2) is 5.82 Å². The standard InChI is InChI=1S/C15H16N6/c16-13-11-14(17-8-10-21-9-4-7-18-21)20-15(19-13)12-5-2-1-3-6-12/h1-7,9,11H,8,10H2,(H3,16,17,19,20). The maximum absolute atomic E-state index is 5.85. The molecule has 0 bridgehead atoms. The number of nitrogens with zero attached hydrogens (tertiary/aromatic N) is 4. The van der Waals surface area contributed by atoms with Gasteiger partial charge in [-0.25, -0.2) is 9.97 Å². The predicted molar refractivity (Wildman–Crippen MR) is 82.6 cm³/mol. The second kappa shape index (κ2) is 6.04. The Labute approximate surface area is 122 Å². The zero-order valence-corrected chi connectivity index (χ0v) is 11.5. The molecule has 0 aliphatic rings. The molecule has 21 heavy (non-hydrogen) atoms. The Morgan fingerprint density at radius 2 is 1.95 bits per heavy atom. The van der Waals surface area contributed by atoms with Gasteiger partial charge in [-0.3, -0.25) is 4.68 Å². The van der Waals surface area contributed by atoms with E-state index in [9.17, 15) is 0 Å². The number of rotatable bonds is 5. The van der Waals surface area contributed by atoms with Crippen molar-refractivity contribution < 1.29 is 0 Å². The molecule has 2 aromatic heterocycles. The molecule has 0 aliphatic heterocycles. The molecular weight excluding hydrogens is 264 g/mol. The molecule has 0 radical (unpaired) electrons. The minimum Gasteiger partial charge on any atom is -0.384 e. The van der Waals surface area contributed by atoms with Gasteiger partial charge in [0.05, 0.1) is 6.54 Å². The smallest absolute Gasteiger partial charge is 0.163 e. The summed E-state index contributed by atoms with van der Waals surface area (Å²) in [5.74, 6) is 1.79. The number of nitrogen functional groups attached to an aromatic ring is 1. The molecule has 3 rings (SSSR count). The largest absolute Gasteiger partial charge is 0.384 e. The highest BCUT2D eigenvalue weighted by Gasteiger charge is 2.04. The molecule has 0 aliphatic carbocycles. The Morgan fingerprint density at radius 1 is 1.10 bits per heavy atom. The van der Waals surface area contributed by atoms with Crippen LogP contribution < -0.4 is 11.1 Å². The summed E-state index contributed by atoms with van der Waals surface area (Å²) in [5.41, 5.74) is 6.80. The number of hydrogen-bond donors (Lipinski definition) is 2. The molecule has 0 fully saturated rings. The Kier molecular flexibility index (Phi) is 3.77. The molecule has 0 saturated carbocycles. The van der Waals surface area contributed by atoms with E-state index < -0.39 is 0 Å². The number of aromatic nitrogens is 4. The van der Waals surface area contributed by atoms with Crippen LogP contribution in [0, 0.1) is 0 Å². The van der Waals surface area contributed by atoms with Crippen molar-refractivity contribution in [2.24, 2.45) is 0 Å². The number of hydrogen-bond acceptors (Lipinski definition) is 5. The molecule has 3 N–H and O–H groups in total. The first-order valence-electron chi connectivity index (χ1n) is 6.72. The van der Waals surface area contributed by atoms with E-state index >= 15 is 0 Å². The van der Waals surface area contributed by atoms with Crippen molar-refractivity contribution in [2.45, 2.75) is 6.54 Å². The first-order chi connectivity index (χ1) is 10.3. The van der Waals surface area contributed by atoms with E-state index in [1.54, 1.807) is 12.3 Å². The first kappa shape index (κ1) is 13.1. The summed E-state index contributed by atoms with van der Waals surface area (Å²) in [4.78, 5) is 8.76.